The van der Waals surface area contributed by atoms with Crippen LogP contribution in [0.2, 0.25) is 0 Å². The summed E-state index contributed by atoms with van der Waals surface area (Å²) in [4.78, 5) is 13.5. The number of rotatable bonds is 6. The molecule has 2 unspecified atom stereocenters. The minimum Gasteiger partial charge on any atom is -0.444 e. The fourth-order valence-corrected chi connectivity index (χ4v) is 3.56. The summed E-state index contributed by atoms with van der Waals surface area (Å²) in [7, 11) is 1.79. The van der Waals surface area contributed by atoms with Crippen molar-refractivity contribution >= 4 is 6.09 Å². The molecule has 1 amide bonds. The van der Waals surface area contributed by atoms with E-state index in [0.717, 1.165) is 19.6 Å². The van der Waals surface area contributed by atoms with Crippen LogP contribution in [0.1, 0.15) is 53.4 Å². The van der Waals surface area contributed by atoms with Crippen LogP contribution in [0.3, 0.4) is 0 Å². The Hall–Kier alpha value is -0.810. The fourth-order valence-electron chi connectivity index (χ4n) is 3.56. The third-order valence-corrected chi connectivity index (χ3v) is 4.98. The van der Waals surface area contributed by atoms with Crippen molar-refractivity contribution in [2.45, 2.75) is 71.1 Å². The van der Waals surface area contributed by atoms with Gasteiger partial charge in [-0.25, -0.2) is 4.79 Å². The molecule has 5 nitrogen and oxygen atoms in total. The average Bonchev–Trinajstić information content (AvgIpc) is 2.32. The van der Waals surface area contributed by atoms with Crippen LogP contribution >= 0.6 is 0 Å². The van der Waals surface area contributed by atoms with Crippen molar-refractivity contribution in [2.75, 3.05) is 26.7 Å². The Kier molecular flexibility index (Phi) is 5.38. The van der Waals surface area contributed by atoms with Crippen molar-refractivity contribution in [3.05, 3.63) is 0 Å². The van der Waals surface area contributed by atoms with E-state index in [-0.39, 0.29) is 6.09 Å². The largest absolute Gasteiger partial charge is 0.444 e. The van der Waals surface area contributed by atoms with E-state index in [1.54, 1.807) is 11.9 Å². The first kappa shape index (κ1) is 17.5. The quantitative estimate of drug-likeness (QED) is 0.819. The number of carbonyl (C=O) groups excluding carboxylic acids is 1. The number of hydrogen-bond donors (Lipinski definition) is 1. The third kappa shape index (κ3) is 3.74. The monoisotopic (exact) mass is 312 g/mol. The lowest BCUT2D eigenvalue weighted by Crippen LogP contribution is -2.67. The van der Waals surface area contributed by atoms with E-state index in [0.29, 0.717) is 24.1 Å². The van der Waals surface area contributed by atoms with Crippen LogP contribution in [0.15, 0.2) is 0 Å². The van der Waals surface area contributed by atoms with E-state index in [4.69, 9.17) is 9.47 Å². The summed E-state index contributed by atoms with van der Waals surface area (Å²) in [6, 6.07) is 0.546. The zero-order chi connectivity index (χ0) is 16.4. The summed E-state index contributed by atoms with van der Waals surface area (Å²) in [6.45, 7) is 10.0. The zero-order valence-electron chi connectivity index (χ0n) is 14.8. The van der Waals surface area contributed by atoms with E-state index in [9.17, 15) is 4.79 Å². The molecule has 0 aromatic rings. The summed E-state index contributed by atoms with van der Waals surface area (Å²) in [5.41, 5.74) is -0.0616. The van der Waals surface area contributed by atoms with E-state index in [2.05, 4.69) is 12.2 Å². The Bertz CT molecular complexity index is 388. The highest BCUT2D eigenvalue weighted by molar-refractivity contribution is 5.67. The summed E-state index contributed by atoms with van der Waals surface area (Å²) in [5, 5.41) is 3.62. The fraction of sp³-hybridized carbons (Fsp3) is 0.941. The Morgan fingerprint density at radius 3 is 2.55 bits per heavy atom. The predicted molar refractivity (Wildman–Crippen MR) is 87.0 cm³/mol. The van der Waals surface area contributed by atoms with E-state index in [1.807, 2.05) is 20.8 Å². The van der Waals surface area contributed by atoms with Gasteiger partial charge in [-0.05, 0) is 47.0 Å². The van der Waals surface area contributed by atoms with E-state index < -0.39 is 5.60 Å². The van der Waals surface area contributed by atoms with Crippen molar-refractivity contribution in [3.63, 3.8) is 0 Å². The van der Waals surface area contributed by atoms with Gasteiger partial charge in [-0.15, -0.1) is 0 Å². The van der Waals surface area contributed by atoms with Crippen LogP contribution in [0.4, 0.5) is 4.79 Å². The molecule has 2 fully saturated rings. The molecule has 22 heavy (non-hydrogen) atoms. The SMILES string of the molecule is CCOC1CC(NCCN(C)C(=O)OC(C)(C)C)C12CCC2. The van der Waals surface area contributed by atoms with Gasteiger partial charge in [-0.1, -0.05) is 6.42 Å². The molecule has 1 spiro atoms. The molecule has 0 radical (unpaired) electrons. The molecule has 0 aromatic heterocycles. The van der Waals surface area contributed by atoms with Crippen LogP contribution in [-0.4, -0.2) is 55.5 Å². The third-order valence-electron chi connectivity index (χ3n) is 4.98. The summed E-state index contributed by atoms with van der Waals surface area (Å²) < 4.78 is 11.2. The number of carbonyl (C=O) groups is 1. The molecule has 0 heterocycles. The maximum atomic E-state index is 11.9. The first-order valence-electron chi connectivity index (χ1n) is 8.57. The highest BCUT2D eigenvalue weighted by atomic mass is 16.6. The topological polar surface area (TPSA) is 50.8 Å². The smallest absolute Gasteiger partial charge is 0.410 e. The average molecular weight is 312 g/mol. The lowest BCUT2D eigenvalue weighted by Gasteiger charge is -2.61. The van der Waals surface area contributed by atoms with Crippen LogP contribution in [-0.2, 0) is 9.47 Å². The lowest BCUT2D eigenvalue weighted by atomic mass is 9.51. The molecule has 2 rings (SSSR count). The van der Waals surface area contributed by atoms with E-state index >= 15 is 0 Å². The molecule has 2 atom stereocenters. The normalized spacial score (nSPS) is 26.2. The number of nitrogens with zero attached hydrogens (tertiary/aromatic N) is 1. The van der Waals surface area contributed by atoms with E-state index in [1.165, 1.54) is 19.3 Å². The van der Waals surface area contributed by atoms with Crippen LogP contribution in [0, 0.1) is 5.41 Å². The van der Waals surface area contributed by atoms with Gasteiger partial charge in [0.05, 0.1) is 6.10 Å². The highest BCUT2D eigenvalue weighted by Crippen LogP contribution is 2.57. The molecule has 0 saturated heterocycles. The molecular formula is C17H32N2O3. The summed E-state index contributed by atoms with van der Waals surface area (Å²) in [6.07, 6.45) is 5.15. The number of ether oxygens (including phenoxy) is 2. The van der Waals surface area contributed by atoms with Gasteiger partial charge in [0, 0.05) is 38.2 Å². The lowest BCUT2D eigenvalue weighted by molar-refractivity contribution is -0.172. The Morgan fingerprint density at radius 2 is 2.05 bits per heavy atom. The molecule has 0 bridgehead atoms. The standard InChI is InChI=1S/C17H32N2O3/c1-6-21-14-12-13(17(14)8-7-9-17)18-10-11-19(5)15(20)22-16(2,3)4/h13-14,18H,6-12H2,1-5H3. The summed E-state index contributed by atoms with van der Waals surface area (Å²) in [5.74, 6) is 0. The van der Waals surface area contributed by atoms with Crippen LogP contribution < -0.4 is 5.32 Å². The maximum absolute atomic E-state index is 11.9. The molecule has 2 aliphatic rings. The van der Waals surface area contributed by atoms with Gasteiger partial charge in [0.1, 0.15) is 5.60 Å². The van der Waals surface area contributed by atoms with Crippen LogP contribution in [0.25, 0.3) is 0 Å². The van der Waals surface area contributed by atoms with Crippen molar-refractivity contribution in [2.24, 2.45) is 5.41 Å². The minimum atomic E-state index is -0.437. The van der Waals surface area contributed by atoms with Gasteiger partial charge in [-0.2, -0.15) is 0 Å². The predicted octanol–water partition coefficient (Wildman–Crippen LogP) is 2.79. The molecule has 2 saturated carbocycles. The molecule has 0 aliphatic heterocycles. The number of nitrogens with one attached hydrogen (secondary N) is 1. The molecule has 128 valence electrons. The Balaban J connectivity index is 1.70. The maximum Gasteiger partial charge on any atom is 0.410 e. The molecule has 1 N–H and O–H groups in total. The van der Waals surface area contributed by atoms with Gasteiger partial charge in [0.25, 0.3) is 0 Å². The zero-order valence-corrected chi connectivity index (χ0v) is 14.8. The second-order valence-corrected chi connectivity index (χ2v) is 7.68. The van der Waals surface area contributed by atoms with Gasteiger partial charge in [0.15, 0.2) is 0 Å². The second kappa shape index (κ2) is 6.75. The first-order chi connectivity index (χ1) is 10.3. The molecule has 2 aliphatic carbocycles. The van der Waals surface area contributed by atoms with Crippen molar-refractivity contribution < 1.29 is 14.3 Å². The number of likely N-dealkylation sites (N-methyl/N-ethyl adjacent to an activating group) is 1. The van der Waals surface area contributed by atoms with Crippen LogP contribution in [0.5, 0.6) is 0 Å². The Labute approximate surface area is 134 Å². The summed E-state index contributed by atoms with van der Waals surface area (Å²) >= 11 is 0. The van der Waals surface area contributed by atoms with Gasteiger partial charge in [-0.3, -0.25) is 0 Å². The second-order valence-electron chi connectivity index (χ2n) is 7.68. The number of hydrogen-bond acceptors (Lipinski definition) is 4. The molecule has 0 aromatic carbocycles. The minimum absolute atomic E-state index is 0.256. The number of amides is 1. The van der Waals surface area contributed by atoms with Gasteiger partial charge >= 0.3 is 6.09 Å². The Morgan fingerprint density at radius 1 is 1.36 bits per heavy atom. The van der Waals surface area contributed by atoms with Crippen molar-refractivity contribution in [3.8, 4) is 0 Å². The molecular weight excluding hydrogens is 280 g/mol. The van der Waals surface area contributed by atoms with Crippen molar-refractivity contribution in [1.82, 2.24) is 10.2 Å². The van der Waals surface area contributed by atoms with Gasteiger partial charge < -0.3 is 19.7 Å². The molecule has 5 heteroatoms. The first-order valence-corrected chi connectivity index (χ1v) is 8.57. The van der Waals surface area contributed by atoms with Crippen molar-refractivity contribution in [1.29, 1.82) is 0 Å². The van der Waals surface area contributed by atoms with Gasteiger partial charge in [0.2, 0.25) is 0 Å². The highest BCUT2D eigenvalue weighted by Gasteiger charge is 2.58.